The molecule has 0 aliphatic rings. The standard InChI is InChI=1S/Al.Fe.H2O.Zn.3H/h;;1H2;;;;. The van der Waals surface area contributed by atoms with Gasteiger partial charge in [-0.05, 0) is 0 Å². The van der Waals surface area contributed by atoms with E-state index in [1.165, 1.54) is 0 Å². The molecule has 0 heterocycles. The number of rotatable bonds is 0. The van der Waals surface area contributed by atoms with E-state index in [0.717, 1.165) is 0 Å². The molecule has 0 amide bonds. The molecule has 2 N–H and O–H groups in total. The Morgan fingerprint density at radius 3 is 1.00 bits per heavy atom. The smallest absolute Gasteiger partial charge is 0.187 e. The molecule has 0 radical (unpaired) electrons. The van der Waals surface area contributed by atoms with Crippen molar-refractivity contribution in [2.75, 3.05) is 0 Å². The average Bonchev–Trinajstić information content (AvgIpc) is 0. The Labute approximate surface area is 59.2 Å². The zero-order valence-electron chi connectivity index (χ0n) is 1.56. The van der Waals surface area contributed by atoms with Crippen LogP contribution in [0.3, 0.4) is 0 Å². The average molecular weight is 169 g/mol. The van der Waals surface area contributed by atoms with Crippen molar-refractivity contribution in [3.05, 3.63) is 0 Å². The summed E-state index contributed by atoms with van der Waals surface area (Å²) in [6, 6.07) is 0. The van der Waals surface area contributed by atoms with Gasteiger partial charge in [0, 0.05) is 36.5 Å². The molecule has 0 aromatic heterocycles. The second kappa shape index (κ2) is 22.9. The molecule has 1 nitrogen and oxygen atoms in total. The van der Waals surface area contributed by atoms with Crippen molar-refractivity contribution in [2.45, 2.75) is 0 Å². The Balaban J connectivity index is 0. The van der Waals surface area contributed by atoms with Crippen molar-refractivity contribution in [3.8, 4) is 0 Å². The molecule has 0 fully saturated rings. The van der Waals surface area contributed by atoms with E-state index in [-0.39, 0.29) is 59.4 Å². The van der Waals surface area contributed by atoms with Gasteiger partial charge in [-0.25, -0.2) is 0 Å². The molecule has 0 aliphatic carbocycles. The van der Waals surface area contributed by atoms with Crippen LogP contribution in [0.5, 0.6) is 0 Å². The zero-order chi connectivity index (χ0) is 0. The molecule has 0 saturated carbocycles. The summed E-state index contributed by atoms with van der Waals surface area (Å²) in [5, 5.41) is 0. The summed E-state index contributed by atoms with van der Waals surface area (Å²) in [5.41, 5.74) is 0. The number of hydrogen-bond acceptors (Lipinski definition) is 0. The van der Waals surface area contributed by atoms with Gasteiger partial charge in [-0.3, -0.25) is 0 Å². The van der Waals surface area contributed by atoms with Crippen LogP contribution in [0.2, 0.25) is 0 Å². The van der Waals surface area contributed by atoms with Crippen molar-refractivity contribution in [1.82, 2.24) is 0 Å². The molecule has 24 valence electrons. The minimum atomic E-state index is 0. The summed E-state index contributed by atoms with van der Waals surface area (Å²) in [6.07, 6.45) is 0. The Bertz CT molecular complexity index is 8.00. The van der Waals surface area contributed by atoms with Crippen molar-refractivity contribution in [1.29, 1.82) is 0 Å². The fraction of sp³-hybridized carbons (Fsp3) is 0. The van der Waals surface area contributed by atoms with Gasteiger partial charge in [-0.1, -0.05) is 0 Å². The van der Waals surface area contributed by atoms with E-state index < -0.39 is 0 Å². The van der Waals surface area contributed by atoms with Crippen LogP contribution >= 0.6 is 0 Å². The van der Waals surface area contributed by atoms with E-state index in [0.29, 0.717) is 0 Å². The van der Waals surface area contributed by atoms with Gasteiger partial charge in [-0.15, -0.1) is 0 Å². The maximum Gasteiger partial charge on any atom is 0.187 e. The van der Waals surface area contributed by atoms with Crippen LogP contribution in [0.1, 0.15) is 0 Å². The number of hydrogen-bond donors (Lipinski definition) is 0. The second-order valence-electron chi connectivity index (χ2n) is 0. The first-order valence-corrected chi connectivity index (χ1v) is 0. The molecule has 0 unspecified atom stereocenters. The molecule has 0 aromatic carbocycles. The van der Waals surface area contributed by atoms with Gasteiger partial charge in [0.25, 0.3) is 0 Å². The van der Waals surface area contributed by atoms with E-state index in [1.54, 1.807) is 0 Å². The molecule has 0 atom stereocenters. The molecule has 0 spiro atoms. The predicted octanol–water partition coefficient (Wildman–Crippen LogP) is -2.01. The quantitative estimate of drug-likeness (QED) is 0.375. The van der Waals surface area contributed by atoms with Crippen LogP contribution in [-0.2, 0) is 36.5 Å². The van der Waals surface area contributed by atoms with E-state index in [4.69, 9.17) is 0 Å². The van der Waals surface area contributed by atoms with E-state index in [9.17, 15) is 0 Å². The van der Waals surface area contributed by atoms with Crippen LogP contribution in [0.4, 0.5) is 0 Å². The summed E-state index contributed by atoms with van der Waals surface area (Å²) in [4.78, 5) is 0. The third-order valence-electron chi connectivity index (χ3n) is 0. The Morgan fingerprint density at radius 2 is 1.00 bits per heavy atom. The largest absolute Gasteiger partial charge is 0.412 e. The maximum absolute atomic E-state index is 0. The predicted molar refractivity (Wildman–Crippen MR) is 13.6 cm³/mol. The molecule has 0 aromatic rings. The molecular formula is H5AlFeOZn. The van der Waals surface area contributed by atoms with Gasteiger partial charge in [0.2, 0.25) is 0 Å². The minimum absolute atomic E-state index is 0. The SMILES string of the molecule is O.[AlH3].[Fe].[Zn]. The molecule has 0 bridgehead atoms. The normalized spacial score (nSPS) is 0. The third-order valence-corrected chi connectivity index (χ3v) is 0. The monoisotopic (exact) mass is 168 g/mol. The van der Waals surface area contributed by atoms with Crippen molar-refractivity contribution in [3.63, 3.8) is 0 Å². The second-order valence-corrected chi connectivity index (χ2v) is 0. The first-order valence-electron chi connectivity index (χ1n) is 0. The third kappa shape index (κ3) is 9.44. The van der Waals surface area contributed by atoms with Crippen LogP contribution in [0, 0.1) is 0 Å². The van der Waals surface area contributed by atoms with Gasteiger partial charge < -0.3 is 5.48 Å². The minimum Gasteiger partial charge on any atom is -0.412 e. The molecular weight excluding hydrogens is 164 g/mol. The first-order chi connectivity index (χ1) is 0. The maximum atomic E-state index is 0. The van der Waals surface area contributed by atoms with Gasteiger partial charge in [0.05, 0.1) is 0 Å². The van der Waals surface area contributed by atoms with Crippen LogP contribution in [0.15, 0.2) is 0 Å². The molecule has 4 heteroatoms. The van der Waals surface area contributed by atoms with Crippen molar-refractivity contribution >= 4 is 17.4 Å². The topological polar surface area (TPSA) is 31.5 Å². The van der Waals surface area contributed by atoms with Crippen molar-refractivity contribution in [2.24, 2.45) is 0 Å². The summed E-state index contributed by atoms with van der Waals surface area (Å²) < 4.78 is 0. The fourth-order valence-electron chi connectivity index (χ4n) is 0. The molecule has 0 rings (SSSR count). The van der Waals surface area contributed by atoms with E-state index in [2.05, 4.69) is 0 Å². The van der Waals surface area contributed by atoms with E-state index >= 15 is 0 Å². The van der Waals surface area contributed by atoms with Crippen LogP contribution in [-0.4, -0.2) is 22.8 Å². The van der Waals surface area contributed by atoms with Gasteiger partial charge in [-0.2, -0.15) is 0 Å². The first kappa shape index (κ1) is 45.3. The van der Waals surface area contributed by atoms with E-state index in [1.807, 2.05) is 0 Å². The van der Waals surface area contributed by atoms with Gasteiger partial charge in [0.15, 0.2) is 17.4 Å². The van der Waals surface area contributed by atoms with Gasteiger partial charge >= 0.3 is 0 Å². The molecule has 0 saturated heterocycles. The molecule has 4 heavy (non-hydrogen) atoms. The summed E-state index contributed by atoms with van der Waals surface area (Å²) in [5.74, 6) is 0. The summed E-state index contributed by atoms with van der Waals surface area (Å²) in [7, 11) is 0. The van der Waals surface area contributed by atoms with Gasteiger partial charge in [0.1, 0.15) is 0 Å². The zero-order valence-corrected chi connectivity index (χ0v) is 5.63. The Kier molecular flexibility index (Phi) is 259. The summed E-state index contributed by atoms with van der Waals surface area (Å²) >= 11 is 0. The molecule has 0 aliphatic heterocycles. The Morgan fingerprint density at radius 1 is 1.00 bits per heavy atom. The fourth-order valence-corrected chi connectivity index (χ4v) is 0. The van der Waals surface area contributed by atoms with Crippen molar-refractivity contribution < 1.29 is 42.0 Å². The van der Waals surface area contributed by atoms with Crippen LogP contribution < -0.4 is 0 Å². The Hall–Kier alpha value is 1.64. The summed E-state index contributed by atoms with van der Waals surface area (Å²) in [6.45, 7) is 0. The van der Waals surface area contributed by atoms with Crippen LogP contribution in [0.25, 0.3) is 0 Å².